The summed E-state index contributed by atoms with van der Waals surface area (Å²) >= 11 is 0. The van der Waals surface area contributed by atoms with Gasteiger partial charge in [0.25, 0.3) is 5.91 Å². The number of likely N-dealkylation sites (N-methyl/N-ethyl adjacent to an activating group) is 1. The smallest absolute Gasteiger partial charge is 0.250 e. The summed E-state index contributed by atoms with van der Waals surface area (Å²) in [6.07, 6.45) is 7.69. The molecule has 2 N–H and O–H groups in total. The lowest BCUT2D eigenvalue weighted by Gasteiger charge is -2.19. The molecule has 4 rings (SSSR count). The van der Waals surface area contributed by atoms with Gasteiger partial charge in [0, 0.05) is 31.2 Å². The summed E-state index contributed by atoms with van der Waals surface area (Å²) in [4.78, 5) is 20.6. The first kappa shape index (κ1) is 23.5. The highest BCUT2D eigenvalue weighted by Crippen LogP contribution is 2.26. The fourth-order valence-electron chi connectivity index (χ4n) is 4.56. The van der Waals surface area contributed by atoms with Crippen LogP contribution in [0.5, 0.6) is 0 Å². The number of carbonyl (C=O) groups excluding carboxylic acids is 1. The van der Waals surface area contributed by atoms with Gasteiger partial charge in [0.05, 0.1) is 5.69 Å². The molecule has 0 bridgehead atoms. The van der Waals surface area contributed by atoms with Crippen molar-refractivity contribution < 1.29 is 10.0 Å². The number of benzene rings is 2. The Kier molecular flexibility index (Phi) is 8.15. The lowest BCUT2D eigenvalue weighted by Crippen LogP contribution is -2.29. The Morgan fingerprint density at radius 1 is 0.939 bits per heavy atom. The van der Waals surface area contributed by atoms with Crippen molar-refractivity contribution >= 4 is 22.5 Å². The van der Waals surface area contributed by atoms with E-state index in [1.807, 2.05) is 24.4 Å². The summed E-state index contributed by atoms with van der Waals surface area (Å²) in [5.41, 5.74) is 3.75. The van der Waals surface area contributed by atoms with Crippen molar-refractivity contribution in [1.29, 1.82) is 0 Å². The zero-order valence-corrected chi connectivity index (χ0v) is 19.7. The molecule has 0 atom stereocenters. The van der Waals surface area contributed by atoms with E-state index in [0.29, 0.717) is 12.1 Å². The van der Waals surface area contributed by atoms with E-state index >= 15 is 0 Å². The van der Waals surface area contributed by atoms with Gasteiger partial charge >= 0.3 is 0 Å². The number of H-pyrrole nitrogens is 1. The average molecular weight is 449 g/mol. The molecule has 33 heavy (non-hydrogen) atoms. The summed E-state index contributed by atoms with van der Waals surface area (Å²) in [5, 5.41) is 12.3. The Hall–Kier alpha value is -2.67. The Morgan fingerprint density at radius 3 is 2.58 bits per heavy atom. The molecule has 6 nitrogen and oxygen atoms in total. The number of anilines is 1. The van der Waals surface area contributed by atoms with Crippen LogP contribution >= 0.6 is 0 Å². The highest BCUT2D eigenvalue weighted by Gasteiger charge is 2.14. The van der Waals surface area contributed by atoms with Crippen molar-refractivity contribution in [2.75, 3.05) is 44.8 Å². The number of rotatable bonds is 9. The van der Waals surface area contributed by atoms with Crippen molar-refractivity contribution in [2.24, 2.45) is 0 Å². The number of aromatic amines is 1. The predicted octanol–water partition coefficient (Wildman–Crippen LogP) is 5.15. The minimum absolute atomic E-state index is 0.244. The summed E-state index contributed by atoms with van der Waals surface area (Å²) in [6.45, 7) is 5.86. The molecule has 176 valence electrons. The summed E-state index contributed by atoms with van der Waals surface area (Å²) in [5.74, 6) is -0.244. The van der Waals surface area contributed by atoms with Crippen molar-refractivity contribution in [3.8, 4) is 11.1 Å². The van der Waals surface area contributed by atoms with E-state index < -0.39 is 0 Å². The van der Waals surface area contributed by atoms with Gasteiger partial charge in [-0.2, -0.15) is 5.06 Å². The maximum absolute atomic E-state index is 12.4. The standard InChI is InChI=1S/C27H36N4O2/c1-29-16-6-18-30(20-19-29)17-5-3-2-4-7-27(32)31(33)25-12-10-22(11-13-25)24-9-8-23-14-15-28-26(23)21-24/h8-15,21,28,33H,2-7,16-20H2,1H3. The number of unbranched alkanes of at least 4 members (excludes halogenated alkanes) is 3. The van der Waals surface area contributed by atoms with Crippen LogP contribution in [0, 0.1) is 0 Å². The highest BCUT2D eigenvalue weighted by molar-refractivity contribution is 5.91. The quantitative estimate of drug-likeness (QED) is 0.270. The molecule has 0 radical (unpaired) electrons. The lowest BCUT2D eigenvalue weighted by atomic mass is 10.0. The second-order valence-corrected chi connectivity index (χ2v) is 9.19. The normalized spacial score (nSPS) is 15.6. The number of nitrogens with zero attached hydrogens (tertiary/aromatic N) is 3. The Balaban J connectivity index is 1.18. The fourth-order valence-corrected chi connectivity index (χ4v) is 4.56. The number of nitrogens with one attached hydrogen (secondary N) is 1. The molecule has 0 unspecified atom stereocenters. The molecule has 1 aromatic heterocycles. The Morgan fingerprint density at radius 2 is 1.73 bits per heavy atom. The predicted molar refractivity (Wildman–Crippen MR) is 135 cm³/mol. The van der Waals surface area contributed by atoms with Crippen LogP contribution in [0.1, 0.15) is 38.5 Å². The first-order chi connectivity index (χ1) is 16.1. The van der Waals surface area contributed by atoms with Crippen LogP contribution in [-0.4, -0.2) is 65.7 Å². The molecular formula is C27H36N4O2. The molecule has 0 saturated carbocycles. The molecule has 2 heterocycles. The average Bonchev–Trinajstić information content (AvgIpc) is 3.21. The number of hydrogen-bond donors (Lipinski definition) is 2. The molecule has 1 fully saturated rings. The van der Waals surface area contributed by atoms with Gasteiger partial charge in [0.15, 0.2) is 0 Å². The first-order valence-corrected chi connectivity index (χ1v) is 12.2. The zero-order valence-electron chi connectivity index (χ0n) is 19.7. The van der Waals surface area contributed by atoms with Crippen molar-refractivity contribution in [2.45, 2.75) is 38.5 Å². The zero-order chi connectivity index (χ0) is 23.0. The van der Waals surface area contributed by atoms with E-state index in [0.717, 1.165) is 60.6 Å². The number of carbonyl (C=O) groups is 1. The molecule has 1 saturated heterocycles. The SMILES string of the molecule is CN1CCCN(CCCCCCC(=O)N(O)c2ccc(-c3ccc4cc[nH]c4c3)cc2)CC1. The fraction of sp³-hybridized carbons (Fsp3) is 0.444. The third kappa shape index (κ3) is 6.44. The van der Waals surface area contributed by atoms with Gasteiger partial charge in [-0.15, -0.1) is 0 Å². The van der Waals surface area contributed by atoms with E-state index in [4.69, 9.17) is 0 Å². The van der Waals surface area contributed by atoms with Gasteiger partial charge in [-0.25, -0.2) is 0 Å². The van der Waals surface area contributed by atoms with Crippen LogP contribution < -0.4 is 5.06 Å². The van der Waals surface area contributed by atoms with E-state index in [-0.39, 0.29) is 5.91 Å². The van der Waals surface area contributed by atoms with E-state index in [1.54, 1.807) is 12.1 Å². The molecule has 1 aliphatic heterocycles. The van der Waals surface area contributed by atoms with Crippen LogP contribution in [0.2, 0.25) is 0 Å². The van der Waals surface area contributed by atoms with Crippen molar-refractivity contribution in [1.82, 2.24) is 14.8 Å². The van der Waals surface area contributed by atoms with Gasteiger partial charge in [-0.3, -0.25) is 10.0 Å². The van der Waals surface area contributed by atoms with E-state index in [1.165, 1.54) is 31.3 Å². The third-order valence-corrected chi connectivity index (χ3v) is 6.66. The molecule has 0 aliphatic carbocycles. The molecule has 6 heteroatoms. The van der Waals surface area contributed by atoms with Gasteiger partial charge in [-0.05, 0) is 86.7 Å². The van der Waals surface area contributed by atoms with Crippen LogP contribution in [0.3, 0.4) is 0 Å². The van der Waals surface area contributed by atoms with Crippen LogP contribution in [0.4, 0.5) is 5.69 Å². The Bertz CT molecular complexity index is 1030. The van der Waals surface area contributed by atoms with Crippen molar-refractivity contribution in [3.05, 3.63) is 54.7 Å². The van der Waals surface area contributed by atoms with E-state index in [9.17, 15) is 10.0 Å². The van der Waals surface area contributed by atoms with Crippen LogP contribution in [0.25, 0.3) is 22.0 Å². The number of fused-ring (bicyclic) bond motifs is 1. The monoisotopic (exact) mass is 448 g/mol. The molecule has 0 spiro atoms. The summed E-state index contributed by atoms with van der Waals surface area (Å²) in [6, 6.07) is 15.8. The van der Waals surface area contributed by atoms with Crippen LogP contribution in [0.15, 0.2) is 54.7 Å². The molecule has 3 aromatic rings. The second kappa shape index (κ2) is 11.5. The van der Waals surface area contributed by atoms with E-state index in [2.05, 4.69) is 40.0 Å². The molecule has 1 amide bonds. The maximum atomic E-state index is 12.4. The lowest BCUT2D eigenvalue weighted by molar-refractivity contribution is -0.123. The van der Waals surface area contributed by atoms with Gasteiger partial charge in [-0.1, -0.05) is 37.1 Å². The van der Waals surface area contributed by atoms with Gasteiger partial charge in [0.2, 0.25) is 0 Å². The number of hydroxylamine groups is 1. The molecule has 1 aliphatic rings. The van der Waals surface area contributed by atoms with Crippen LogP contribution in [-0.2, 0) is 4.79 Å². The number of aromatic nitrogens is 1. The van der Waals surface area contributed by atoms with Gasteiger partial charge < -0.3 is 14.8 Å². The molecule has 2 aromatic carbocycles. The second-order valence-electron chi connectivity index (χ2n) is 9.19. The topological polar surface area (TPSA) is 62.8 Å². The first-order valence-electron chi connectivity index (χ1n) is 12.2. The summed E-state index contributed by atoms with van der Waals surface area (Å²) in [7, 11) is 2.20. The Labute approximate surface area is 196 Å². The highest BCUT2D eigenvalue weighted by atomic mass is 16.5. The third-order valence-electron chi connectivity index (χ3n) is 6.66. The number of hydrogen-bond acceptors (Lipinski definition) is 4. The van der Waals surface area contributed by atoms with Crippen molar-refractivity contribution in [3.63, 3.8) is 0 Å². The minimum atomic E-state index is -0.244. The largest absolute Gasteiger partial charge is 0.361 e. The maximum Gasteiger partial charge on any atom is 0.250 e. The van der Waals surface area contributed by atoms with Gasteiger partial charge in [0.1, 0.15) is 0 Å². The minimum Gasteiger partial charge on any atom is -0.361 e. The number of amides is 1. The summed E-state index contributed by atoms with van der Waals surface area (Å²) < 4.78 is 0. The molecular weight excluding hydrogens is 412 g/mol.